The molecule has 0 saturated carbocycles. The molecule has 3 atom stereocenters. The molecule has 122 valence electrons. The van der Waals surface area contributed by atoms with E-state index in [4.69, 9.17) is 9.47 Å². The molecule has 0 bridgehead atoms. The third-order valence-corrected chi connectivity index (χ3v) is 4.97. The molecule has 0 saturated heterocycles. The lowest BCUT2D eigenvalue weighted by Crippen LogP contribution is -2.29. The summed E-state index contributed by atoms with van der Waals surface area (Å²) in [7, 11) is 1.69. The van der Waals surface area contributed by atoms with Crippen LogP contribution in [-0.2, 0) is 4.79 Å². The van der Waals surface area contributed by atoms with Gasteiger partial charge in [0.25, 0.3) is 6.47 Å². The van der Waals surface area contributed by atoms with E-state index in [1.54, 1.807) is 7.11 Å². The zero-order valence-electron chi connectivity index (χ0n) is 13.4. The number of carbonyl (C=O) groups excluding carboxylic acids is 1. The number of hydrogen-bond donors (Lipinski definition) is 1. The second-order valence-corrected chi connectivity index (χ2v) is 6.22. The predicted molar refractivity (Wildman–Crippen MR) is 92.5 cm³/mol. The van der Waals surface area contributed by atoms with Crippen LogP contribution in [0.3, 0.4) is 0 Å². The number of methoxy groups -OCH3 is 1. The normalized spacial score (nSPS) is 23.8. The number of fused-ring (bicyclic) bond motifs is 3. The Hall–Kier alpha value is -2.75. The Morgan fingerprint density at radius 1 is 1.17 bits per heavy atom. The maximum atomic E-state index is 10.6. The van der Waals surface area contributed by atoms with Crippen molar-refractivity contribution in [1.29, 1.82) is 0 Å². The van der Waals surface area contributed by atoms with Gasteiger partial charge < -0.3 is 14.8 Å². The molecule has 1 heterocycles. The molecule has 24 heavy (non-hydrogen) atoms. The number of nitrogens with one attached hydrogen (secondary N) is 1. The maximum Gasteiger partial charge on any atom is 0.298 e. The van der Waals surface area contributed by atoms with Gasteiger partial charge in [0, 0.05) is 11.6 Å². The van der Waals surface area contributed by atoms with Crippen molar-refractivity contribution in [3.05, 3.63) is 65.7 Å². The standard InChI is InChI=1S/C20H19NO3/c1-23-14-5-2-4-13(10-14)20-17-7-3-6-16(17)18-11-15(24-12-22)8-9-19(18)21-20/h2-6,8-12,16-17,20-21H,7H2,1H3/t16-,17+,20-/m1/s1. The van der Waals surface area contributed by atoms with Gasteiger partial charge in [-0.25, -0.2) is 0 Å². The Kier molecular flexibility index (Phi) is 3.73. The lowest BCUT2D eigenvalue weighted by atomic mass is 9.77. The monoisotopic (exact) mass is 321 g/mol. The van der Waals surface area contributed by atoms with Crippen LogP contribution in [0, 0.1) is 5.92 Å². The Morgan fingerprint density at radius 3 is 2.92 bits per heavy atom. The van der Waals surface area contributed by atoms with Gasteiger partial charge in [0.15, 0.2) is 0 Å². The maximum absolute atomic E-state index is 10.6. The van der Waals surface area contributed by atoms with E-state index in [1.165, 1.54) is 11.1 Å². The fourth-order valence-corrected chi connectivity index (χ4v) is 3.87. The molecule has 4 heteroatoms. The Morgan fingerprint density at radius 2 is 2.08 bits per heavy atom. The summed E-state index contributed by atoms with van der Waals surface area (Å²) in [6, 6.07) is 14.2. The van der Waals surface area contributed by atoms with E-state index in [0.29, 0.717) is 24.1 Å². The number of allylic oxidation sites excluding steroid dienone is 2. The minimum Gasteiger partial charge on any atom is -0.497 e. The summed E-state index contributed by atoms with van der Waals surface area (Å²) in [5.41, 5.74) is 3.51. The van der Waals surface area contributed by atoms with Crippen LogP contribution in [0.5, 0.6) is 11.5 Å². The van der Waals surface area contributed by atoms with Crippen LogP contribution in [0.4, 0.5) is 5.69 Å². The molecule has 0 fully saturated rings. The minimum absolute atomic E-state index is 0.227. The number of ether oxygens (including phenoxy) is 2. The van der Waals surface area contributed by atoms with Gasteiger partial charge in [-0.2, -0.15) is 0 Å². The van der Waals surface area contributed by atoms with Gasteiger partial charge in [0.2, 0.25) is 0 Å². The van der Waals surface area contributed by atoms with Crippen molar-refractivity contribution in [1.82, 2.24) is 0 Å². The largest absolute Gasteiger partial charge is 0.497 e. The fraction of sp³-hybridized carbons (Fsp3) is 0.250. The topological polar surface area (TPSA) is 47.6 Å². The summed E-state index contributed by atoms with van der Waals surface area (Å²) in [6.07, 6.45) is 5.53. The molecule has 1 aliphatic heterocycles. The van der Waals surface area contributed by atoms with Crippen LogP contribution in [-0.4, -0.2) is 13.6 Å². The van der Waals surface area contributed by atoms with Crippen LogP contribution in [0.15, 0.2) is 54.6 Å². The fourth-order valence-electron chi connectivity index (χ4n) is 3.87. The van der Waals surface area contributed by atoms with E-state index in [1.807, 2.05) is 30.3 Å². The van der Waals surface area contributed by atoms with Crippen molar-refractivity contribution in [3.8, 4) is 11.5 Å². The van der Waals surface area contributed by atoms with Gasteiger partial charge in [0.1, 0.15) is 11.5 Å². The van der Waals surface area contributed by atoms with Crippen LogP contribution in [0.1, 0.15) is 29.5 Å². The molecule has 1 aliphatic carbocycles. The lowest BCUT2D eigenvalue weighted by molar-refractivity contribution is -0.120. The molecule has 0 radical (unpaired) electrons. The SMILES string of the molecule is COc1cccc([C@H]2Nc3ccc(OC=O)cc3[C@@H]3C=CC[C@H]23)c1. The van der Waals surface area contributed by atoms with Gasteiger partial charge in [0.05, 0.1) is 13.2 Å². The van der Waals surface area contributed by atoms with Crippen LogP contribution < -0.4 is 14.8 Å². The summed E-state index contributed by atoms with van der Waals surface area (Å²) >= 11 is 0. The summed E-state index contributed by atoms with van der Waals surface area (Å²) in [5, 5.41) is 3.67. The van der Waals surface area contributed by atoms with Crippen molar-refractivity contribution in [2.24, 2.45) is 5.92 Å². The predicted octanol–water partition coefficient (Wildman–Crippen LogP) is 4.06. The first-order chi connectivity index (χ1) is 11.8. The highest BCUT2D eigenvalue weighted by molar-refractivity contribution is 5.63. The van der Waals surface area contributed by atoms with E-state index in [0.717, 1.165) is 17.9 Å². The Balaban J connectivity index is 1.73. The Bertz CT molecular complexity index is 799. The highest BCUT2D eigenvalue weighted by Gasteiger charge is 2.38. The molecule has 2 aromatic rings. The van der Waals surface area contributed by atoms with Crippen LogP contribution in [0.25, 0.3) is 0 Å². The molecule has 4 rings (SSSR count). The molecule has 0 unspecified atom stereocenters. The van der Waals surface area contributed by atoms with E-state index in [9.17, 15) is 4.79 Å². The second-order valence-electron chi connectivity index (χ2n) is 6.22. The minimum atomic E-state index is 0.227. The van der Waals surface area contributed by atoms with Crippen LogP contribution >= 0.6 is 0 Å². The quantitative estimate of drug-likeness (QED) is 0.681. The molecule has 2 aliphatic rings. The highest BCUT2D eigenvalue weighted by atomic mass is 16.5. The second kappa shape index (κ2) is 6.04. The van der Waals surface area contributed by atoms with Crippen molar-refractivity contribution in [2.75, 3.05) is 12.4 Å². The molecular weight excluding hydrogens is 302 g/mol. The zero-order chi connectivity index (χ0) is 16.5. The van der Waals surface area contributed by atoms with E-state index >= 15 is 0 Å². The summed E-state index contributed by atoms with van der Waals surface area (Å²) in [4.78, 5) is 10.6. The molecule has 0 aromatic heterocycles. The number of rotatable bonds is 4. The van der Waals surface area contributed by atoms with Crippen LogP contribution in [0.2, 0.25) is 0 Å². The summed E-state index contributed by atoms with van der Waals surface area (Å²) < 4.78 is 10.4. The van der Waals surface area contributed by atoms with Gasteiger partial charge in [-0.05, 0) is 53.8 Å². The van der Waals surface area contributed by atoms with Gasteiger partial charge >= 0.3 is 0 Å². The average Bonchev–Trinajstić information content (AvgIpc) is 3.11. The van der Waals surface area contributed by atoms with Crippen molar-refractivity contribution >= 4 is 12.2 Å². The highest BCUT2D eigenvalue weighted by Crippen LogP contribution is 2.50. The molecule has 0 amide bonds. The molecule has 1 N–H and O–H groups in total. The van der Waals surface area contributed by atoms with E-state index in [-0.39, 0.29) is 6.04 Å². The Labute approximate surface area is 141 Å². The first-order valence-corrected chi connectivity index (χ1v) is 8.11. The summed E-state index contributed by atoms with van der Waals surface area (Å²) in [5.74, 6) is 2.23. The average molecular weight is 321 g/mol. The first-order valence-electron chi connectivity index (χ1n) is 8.11. The zero-order valence-corrected chi connectivity index (χ0v) is 13.4. The molecule has 4 nitrogen and oxygen atoms in total. The molecular formula is C20H19NO3. The number of benzene rings is 2. The number of carbonyl (C=O) groups is 1. The van der Waals surface area contributed by atoms with Gasteiger partial charge in [-0.15, -0.1) is 0 Å². The van der Waals surface area contributed by atoms with Crippen molar-refractivity contribution < 1.29 is 14.3 Å². The first kappa shape index (κ1) is 14.8. The van der Waals surface area contributed by atoms with Gasteiger partial charge in [-0.3, -0.25) is 4.79 Å². The van der Waals surface area contributed by atoms with E-state index < -0.39 is 0 Å². The van der Waals surface area contributed by atoms with Crippen molar-refractivity contribution in [3.63, 3.8) is 0 Å². The van der Waals surface area contributed by atoms with Gasteiger partial charge in [-0.1, -0.05) is 24.3 Å². The third-order valence-electron chi connectivity index (χ3n) is 4.97. The number of anilines is 1. The summed E-state index contributed by atoms with van der Waals surface area (Å²) in [6.45, 7) is 0.471. The molecule has 2 aromatic carbocycles. The van der Waals surface area contributed by atoms with E-state index in [2.05, 4.69) is 29.6 Å². The lowest BCUT2D eigenvalue weighted by Gasteiger charge is -2.37. The van der Waals surface area contributed by atoms with Crippen molar-refractivity contribution in [2.45, 2.75) is 18.4 Å². The third kappa shape index (κ3) is 2.44. The number of hydrogen-bond acceptors (Lipinski definition) is 4. The molecule has 0 spiro atoms. The smallest absolute Gasteiger partial charge is 0.298 e.